The Morgan fingerprint density at radius 2 is 1.89 bits per heavy atom. The summed E-state index contributed by atoms with van der Waals surface area (Å²) in [5, 5.41) is 6.44. The van der Waals surface area contributed by atoms with E-state index in [9.17, 15) is 8.42 Å². The molecule has 0 saturated heterocycles. The first-order chi connectivity index (χ1) is 12.4. The van der Waals surface area contributed by atoms with E-state index >= 15 is 0 Å². The zero-order valence-corrected chi connectivity index (χ0v) is 19.8. The molecule has 27 heavy (non-hydrogen) atoms. The van der Waals surface area contributed by atoms with Crippen LogP contribution in [0.5, 0.6) is 5.75 Å². The van der Waals surface area contributed by atoms with Gasteiger partial charge >= 0.3 is 0 Å². The molecule has 0 aliphatic heterocycles. The van der Waals surface area contributed by atoms with Crippen LogP contribution in [0.2, 0.25) is 0 Å². The molecule has 0 radical (unpaired) electrons. The molecule has 156 valence electrons. The molecule has 9 heteroatoms. The van der Waals surface area contributed by atoms with Gasteiger partial charge in [-0.25, -0.2) is 17.7 Å². The Balaban J connectivity index is 0.00000676. The maximum absolute atomic E-state index is 11.7. The normalized spacial score (nSPS) is 11.8. The first kappa shape index (κ1) is 25.9. The summed E-state index contributed by atoms with van der Waals surface area (Å²) < 4.78 is 30.5. The van der Waals surface area contributed by atoms with E-state index in [1.165, 1.54) is 4.31 Å². The smallest absolute Gasteiger partial charge is 0.213 e. The molecule has 0 unspecified atom stereocenters. The van der Waals surface area contributed by atoms with Crippen LogP contribution in [-0.4, -0.2) is 57.7 Å². The lowest BCUT2D eigenvalue weighted by molar-refractivity contribution is 0.336. The first-order valence-electron chi connectivity index (χ1n) is 9.11. The number of hydrogen-bond donors (Lipinski definition) is 2. The van der Waals surface area contributed by atoms with Crippen molar-refractivity contribution in [3.05, 3.63) is 29.8 Å². The fraction of sp³-hybridized carbons (Fsp3) is 0.611. The van der Waals surface area contributed by atoms with Gasteiger partial charge in [0, 0.05) is 32.2 Å². The van der Waals surface area contributed by atoms with Gasteiger partial charge in [0.05, 0.1) is 18.9 Å². The number of ether oxygens (including phenoxy) is 1. The number of hydrogen-bond acceptors (Lipinski definition) is 4. The second kappa shape index (κ2) is 14.0. The number of guanidine groups is 1. The van der Waals surface area contributed by atoms with Gasteiger partial charge in [-0.1, -0.05) is 18.2 Å². The van der Waals surface area contributed by atoms with Crippen LogP contribution in [0.15, 0.2) is 29.3 Å². The lowest BCUT2D eigenvalue weighted by atomic mass is 10.2. The average Bonchev–Trinajstić information content (AvgIpc) is 2.64. The monoisotopic (exact) mass is 512 g/mol. The molecule has 0 amide bonds. The summed E-state index contributed by atoms with van der Waals surface area (Å²) in [5.41, 5.74) is 1.03. The zero-order chi connectivity index (χ0) is 19.4. The summed E-state index contributed by atoms with van der Waals surface area (Å²) in [4.78, 5) is 4.59. The predicted molar refractivity (Wildman–Crippen MR) is 123 cm³/mol. The summed E-state index contributed by atoms with van der Waals surface area (Å²) >= 11 is 0. The SMILES string of the molecule is CCNC(=NCc1ccccc1OCC)NCCCN(C)S(=O)(=O)CC.I. The summed E-state index contributed by atoms with van der Waals surface area (Å²) in [5.74, 6) is 1.68. The molecule has 7 nitrogen and oxygen atoms in total. The minimum Gasteiger partial charge on any atom is -0.494 e. The van der Waals surface area contributed by atoms with Crippen molar-refractivity contribution in [2.45, 2.75) is 33.7 Å². The molecule has 0 bridgehead atoms. The number of benzene rings is 1. The van der Waals surface area contributed by atoms with E-state index in [4.69, 9.17) is 4.74 Å². The third-order valence-electron chi connectivity index (χ3n) is 3.81. The van der Waals surface area contributed by atoms with Gasteiger partial charge in [0.2, 0.25) is 10.0 Å². The van der Waals surface area contributed by atoms with E-state index in [0.717, 1.165) is 17.9 Å². The van der Waals surface area contributed by atoms with Gasteiger partial charge in [-0.15, -0.1) is 24.0 Å². The molecule has 0 spiro atoms. The maximum atomic E-state index is 11.7. The van der Waals surface area contributed by atoms with Crippen molar-refractivity contribution in [1.82, 2.24) is 14.9 Å². The lowest BCUT2D eigenvalue weighted by Gasteiger charge is -2.17. The standard InChI is InChI=1S/C18H32N4O3S.HI/c1-5-19-18(20-13-10-14-22(4)26(23,24)7-3)21-15-16-11-8-9-12-17(16)25-6-2;/h8-9,11-12H,5-7,10,13-15H2,1-4H3,(H2,19,20,21);1H. The van der Waals surface area contributed by atoms with Crippen LogP contribution in [-0.2, 0) is 16.6 Å². The van der Waals surface area contributed by atoms with Crippen molar-refractivity contribution < 1.29 is 13.2 Å². The summed E-state index contributed by atoms with van der Waals surface area (Å²) in [6.07, 6.45) is 0.704. The highest BCUT2D eigenvalue weighted by atomic mass is 127. The Labute approximate surface area is 181 Å². The fourth-order valence-electron chi connectivity index (χ4n) is 2.30. The van der Waals surface area contributed by atoms with Gasteiger partial charge < -0.3 is 15.4 Å². The van der Waals surface area contributed by atoms with Gasteiger partial charge in [-0.3, -0.25) is 0 Å². The third-order valence-corrected chi connectivity index (χ3v) is 5.67. The molecule has 2 N–H and O–H groups in total. The van der Waals surface area contributed by atoms with Crippen molar-refractivity contribution in [3.63, 3.8) is 0 Å². The molecule has 0 aromatic heterocycles. The van der Waals surface area contributed by atoms with Crippen molar-refractivity contribution in [3.8, 4) is 5.75 Å². The topological polar surface area (TPSA) is 83.0 Å². The van der Waals surface area contributed by atoms with Gasteiger partial charge in [0.15, 0.2) is 5.96 Å². The predicted octanol–water partition coefficient (Wildman–Crippen LogP) is 2.43. The van der Waals surface area contributed by atoms with Crippen LogP contribution in [0.3, 0.4) is 0 Å². The highest BCUT2D eigenvalue weighted by Gasteiger charge is 2.13. The van der Waals surface area contributed by atoms with Crippen LogP contribution in [0.4, 0.5) is 0 Å². The van der Waals surface area contributed by atoms with E-state index in [1.807, 2.05) is 38.1 Å². The second-order valence-corrected chi connectivity index (χ2v) is 8.10. The Hall–Kier alpha value is -1.07. The van der Waals surface area contributed by atoms with Crippen LogP contribution < -0.4 is 15.4 Å². The molecule has 0 heterocycles. The minimum atomic E-state index is -3.12. The number of halogens is 1. The second-order valence-electron chi connectivity index (χ2n) is 5.74. The molecular formula is C18H33IN4O3S. The summed E-state index contributed by atoms with van der Waals surface area (Å²) in [6.45, 7) is 8.62. The highest BCUT2D eigenvalue weighted by molar-refractivity contribution is 14.0. The number of nitrogens with one attached hydrogen (secondary N) is 2. The Bertz CT molecular complexity index is 668. The summed E-state index contributed by atoms with van der Waals surface area (Å²) in [6, 6.07) is 7.86. The molecule has 0 fully saturated rings. The third kappa shape index (κ3) is 9.61. The molecule has 0 atom stereocenters. The quantitative estimate of drug-likeness (QED) is 0.206. The molecule has 1 rings (SSSR count). The van der Waals surface area contributed by atoms with Crippen LogP contribution in [0.25, 0.3) is 0 Å². The average molecular weight is 512 g/mol. The van der Waals surface area contributed by atoms with Crippen molar-refractivity contribution in [2.75, 3.05) is 39.0 Å². The maximum Gasteiger partial charge on any atom is 0.213 e. The van der Waals surface area contributed by atoms with Crippen LogP contribution >= 0.6 is 24.0 Å². The van der Waals surface area contributed by atoms with Crippen LogP contribution in [0, 0.1) is 0 Å². The highest BCUT2D eigenvalue weighted by Crippen LogP contribution is 2.18. The number of nitrogens with zero attached hydrogens (tertiary/aromatic N) is 2. The van der Waals surface area contributed by atoms with Gasteiger partial charge in [0.25, 0.3) is 0 Å². The number of aliphatic imine (C=N–C) groups is 1. The van der Waals surface area contributed by atoms with E-state index in [1.54, 1.807) is 14.0 Å². The Kier molecular flexibility index (Phi) is 13.4. The van der Waals surface area contributed by atoms with Crippen molar-refractivity contribution >= 4 is 40.0 Å². The molecule has 1 aromatic carbocycles. The number of para-hydroxylation sites is 1. The van der Waals surface area contributed by atoms with Crippen molar-refractivity contribution in [2.24, 2.45) is 4.99 Å². The molecule has 1 aromatic rings. The van der Waals surface area contributed by atoms with Gasteiger partial charge in [-0.2, -0.15) is 0 Å². The molecule has 0 aliphatic carbocycles. The van der Waals surface area contributed by atoms with E-state index < -0.39 is 10.0 Å². The number of sulfonamides is 1. The summed E-state index contributed by atoms with van der Waals surface area (Å²) in [7, 11) is -1.51. The molecular weight excluding hydrogens is 479 g/mol. The van der Waals surface area contributed by atoms with Gasteiger partial charge in [0.1, 0.15) is 5.75 Å². The molecule has 0 aliphatic rings. The van der Waals surface area contributed by atoms with Crippen LogP contribution in [0.1, 0.15) is 32.8 Å². The van der Waals surface area contributed by atoms with E-state index in [0.29, 0.717) is 38.6 Å². The lowest BCUT2D eigenvalue weighted by Crippen LogP contribution is -2.39. The Morgan fingerprint density at radius 3 is 2.52 bits per heavy atom. The first-order valence-corrected chi connectivity index (χ1v) is 10.7. The molecule has 0 saturated carbocycles. The Morgan fingerprint density at radius 1 is 1.19 bits per heavy atom. The number of rotatable bonds is 11. The largest absolute Gasteiger partial charge is 0.494 e. The van der Waals surface area contributed by atoms with E-state index in [-0.39, 0.29) is 29.7 Å². The van der Waals surface area contributed by atoms with Crippen molar-refractivity contribution in [1.29, 1.82) is 0 Å². The minimum absolute atomic E-state index is 0. The van der Waals surface area contributed by atoms with E-state index in [2.05, 4.69) is 15.6 Å². The zero-order valence-electron chi connectivity index (χ0n) is 16.7. The fourth-order valence-corrected chi connectivity index (χ4v) is 3.15. The van der Waals surface area contributed by atoms with Gasteiger partial charge in [-0.05, 0) is 33.3 Å².